The number of hydrogen-bond acceptors (Lipinski definition) is 3. The molecule has 0 aliphatic rings. The highest BCUT2D eigenvalue weighted by Crippen LogP contribution is 2.29. The minimum absolute atomic E-state index is 0.111. The molecule has 1 aromatic rings. The fraction of sp³-hybridized carbons (Fsp3) is 0.500. The third-order valence-electron chi connectivity index (χ3n) is 3.21. The summed E-state index contributed by atoms with van der Waals surface area (Å²) in [5, 5.41) is 14.1. The van der Waals surface area contributed by atoms with Gasteiger partial charge in [-0.05, 0) is 18.6 Å². The standard InChI is InChI=1S/C16H22Cl2N2O2/c1-2-3-4-5-6-7-8-15(21)20-19-11-12-9-13(17)10-14(18)16(12)22/h9-11,22H,2-8H2,1H3,(H,20,21). The zero-order valence-electron chi connectivity index (χ0n) is 12.7. The van der Waals surface area contributed by atoms with Crippen molar-refractivity contribution in [2.75, 3.05) is 0 Å². The molecule has 0 spiro atoms. The Labute approximate surface area is 141 Å². The normalized spacial score (nSPS) is 11.0. The van der Waals surface area contributed by atoms with Crippen LogP contribution in [0, 0.1) is 0 Å². The van der Waals surface area contributed by atoms with Gasteiger partial charge in [0.15, 0.2) is 0 Å². The fourth-order valence-electron chi connectivity index (χ4n) is 1.98. The average Bonchev–Trinajstić information content (AvgIpc) is 2.47. The molecule has 0 saturated heterocycles. The topological polar surface area (TPSA) is 61.7 Å². The number of nitrogens with zero attached hydrogens (tertiary/aromatic N) is 1. The molecule has 0 aliphatic heterocycles. The molecule has 0 heterocycles. The van der Waals surface area contributed by atoms with Gasteiger partial charge in [-0.1, -0.05) is 62.2 Å². The Balaban J connectivity index is 2.32. The fourth-order valence-corrected chi connectivity index (χ4v) is 2.49. The SMILES string of the molecule is CCCCCCCCC(=O)NN=Cc1cc(Cl)cc(Cl)c1O. The molecule has 22 heavy (non-hydrogen) atoms. The number of unbranched alkanes of at least 4 members (excludes halogenated alkanes) is 5. The van der Waals surface area contributed by atoms with Crippen LogP contribution in [-0.4, -0.2) is 17.2 Å². The number of carbonyl (C=O) groups is 1. The van der Waals surface area contributed by atoms with E-state index >= 15 is 0 Å². The van der Waals surface area contributed by atoms with Crippen molar-refractivity contribution in [1.82, 2.24) is 5.43 Å². The molecule has 0 radical (unpaired) electrons. The van der Waals surface area contributed by atoms with Gasteiger partial charge in [-0.3, -0.25) is 4.79 Å². The molecule has 2 N–H and O–H groups in total. The summed E-state index contributed by atoms with van der Waals surface area (Å²) in [6, 6.07) is 2.96. The van der Waals surface area contributed by atoms with E-state index in [1.54, 1.807) is 0 Å². The smallest absolute Gasteiger partial charge is 0.240 e. The van der Waals surface area contributed by atoms with E-state index in [4.69, 9.17) is 23.2 Å². The van der Waals surface area contributed by atoms with E-state index in [1.807, 2.05) is 0 Å². The monoisotopic (exact) mass is 344 g/mol. The van der Waals surface area contributed by atoms with Crippen LogP contribution in [0.25, 0.3) is 0 Å². The number of phenols is 1. The number of phenolic OH excluding ortho intramolecular Hbond substituents is 1. The number of amides is 1. The molecule has 1 rings (SSSR count). The summed E-state index contributed by atoms with van der Waals surface area (Å²) in [5.74, 6) is -0.251. The highest BCUT2D eigenvalue weighted by atomic mass is 35.5. The van der Waals surface area contributed by atoms with E-state index in [-0.39, 0.29) is 16.7 Å². The lowest BCUT2D eigenvalue weighted by atomic mass is 10.1. The van der Waals surface area contributed by atoms with Crippen molar-refractivity contribution in [1.29, 1.82) is 0 Å². The second kappa shape index (κ2) is 10.5. The maximum atomic E-state index is 11.6. The zero-order chi connectivity index (χ0) is 16.4. The van der Waals surface area contributed by atoms with Crippen LogP contribution in [0.5, 0.6) is 5.75 Å². The molecule has 0 aliphatic carbocycles. The van der Waals surface area contributed by atoms with E-state index in [0.29, 0.717) is 17.0 Å². The van der Waals surface area contributed by atoms with Gasteiger partial charge in [0.05, 0.1) is 11.2 Å². The van der Waals surface area contributed by atoms with Gasteiger partial charge in [-0.15, -0.1) is 0 Å². The molecule has 0 unspecified atom stereocenters. The van der Waals surface area contributed by atoms with Crippen molar-refractivity contribution in [3.8, 4) is 5.75 Å². The highest BCUT2D eigenvalue weighted by Gasteiger charge is 2.06. The Bertz CT molecular complexity index is 519. The number of rotatable bonds is 9. The second-order valence-corrected chi connectivity index (χ2v) is 5.98. The van der Waals surface area contributed by atoms with Crippen molar-refractivity contribution in [3.63, 3.8) is 0 Å². The first-order valence-electron chi connectivity index (χ1n) is 7.54. The third kappa shape index (κ3) is 7.14. The molecular formula is C16H22Cl2N2O2. The maximum absolute atomic E-state index is 11.6. The molecule has 6 heteroatoms. The molecule has 0 fully saturated rings. The van der Waals surface area contributed by atoms with Crippen molar-refractivity contribution >= 4 is 35.3 Å². The lowest BCUT2D eigenvalue weighted by molar-refractivity contribution is -0.121. The van der Waals surface area contributed by atoms with Crippen LogP contribution in [0.3, 0.4) is 0 Å². The number of benzene rings is 1. The Morgan fingerprint density at radius 2 is 1.91 bits per heavy atom. The van der Waals surface area contributed by atoms with Gasteiger partial charge in [0, 0.05) is 17.0 Å². The van der Waals surface area contributed by atoms with E-state index in [0.717, 1.165) is 12.8 Å². The van der Waals surface area contributed by atoms with Crippen molar-refractivity contribution in [2.24, 2.45) is 5.10 Å². The largest absolute Gasteiger partial charge is 0.506 e. The lowest BCUT2D eigenvalue weighted by Crippen LogP contribution is -2.16. The van der Waals surface area contributed by atoms with E-state index in [1.165, 1.54) is 44.0 Å². The minimum Gasteiger partial charge on any atom is -0.506 e. The molecule has 122 valence electrons. The van der Waals surface area contributed by atoms with Crippen molar-refractivity contribution < 1.29 is 9.90 Å². The first-order chi connectivity index (χ1) is 10.5. The third-order valence-corrected chi connectivity index (χ3v) is 3.71. The molecule has 0 aromatic heterocycles. The molecule has 0 saturated carbocycles. The van der Waals surface area contributed by atoms with Crippen LogP contribution in [-0.2, 0) is 4.79 Å². The highest BCUT2D eigenvalue weighted by molar-refractivity contribution is 6.36. The van der Waals surface area contributed by atoms with E-state index in [2.05, 4.69) is 17.5 Å². The van der Waals surface area contributed by atoms with Gasteiger partial charge >= 0.3 is 0 Å². The van der Waals surface area contributed by atoms with Gasteiger partial charge < -0.3 is 5.11 Å². The summed E-state index contributed by atoms with van der Waals surface area (Å²) < 4.78 is 0. The number of halogens is 2. The summed E-state index contributed by atoms with van der Waals surface area (Å²) in [6.07, 6.45) is 8.56. The number of hydrogen-bond donors (Lipinski definition) is 2. The van der Waals surface area contributed by atoms with Crippen LogP contribution in [0.1, 0.15) is 57.4 Å². The van der Waals surface area contributed by atoms with E-state index in [9.17, 15) is 9.90 Å². The van der Waals surface area contributed by atoms with Gasteiger partial charge in [0.25, 0.3) is 0 Å². The summed E-state index contributed by atoms with van der Waals surface area (Å²) in [5.41, 5.74) is 2.79. The van der Waals surface area contributed by atoms with Crippen LogP contribution in [0.2, 0.25) is 10.0 Å². The average molecular weight is 345 g/mol. The molecule has 0 atom stereocenters. The van der Waals surface area contributed by atoms with Gasteiger partial charge in [0.2, 0.25) is 5.91 Å². The Kier molecular flexibility index (Phi) is 8.94. The number of hydrazone groups is 1. The molecule has 1 amide bonds. The second-order valence-electron chi connectivity index (χ2n) is 5.14. The lowest BCUT2D eigenvalue weighted by Gasteiger charge is -2.03. The quantitative estimate of drug-likeness (QED) is 0.380. The first-order valence-corrected chi connectivity index (χ1v) is 8.30. The van der Waals surface area contributed by atoms with Gasteiger partial charge in [-0.25, -0.2) is 5.43 Å². The van der Waals surface area contributed by atoms with E-state index < -0.39 is 0 Å². The van der Waals surface area contributed by atoms with Crippen LogP contribution >= 0.6 is 23.2 Å². The van der Waals surface area contributed by atoms with Crippen LogP contribution < -0.4 is 5.43 Å². The first kappa shape index (κ1) is 18.8. The number of carbonyl (C=O) groups excluding carboxylic acids is 1. The predicted octanol–water partition coefficient (Wildman–Crippen LogP) is 4.90. The van der Waals surface area contributed by atoms with Crippen molar-refractivity contribution in [3.05, 3.63) is 27.7 Å². The number of aromatic hydroxyl groups is 1. The Hall–Kier alpha value is -1.26. The Morgan fingerprint density at radius 1 is 1.23 bits per heavy atom. The van der Waals surface area contributed by atoms with Gasteiger partial charge in [0.1, 0.15) is 5.75 Å². The molecule has 0 bridgehead atoms. The zero-order valence-corrected chi connectivity index (χ0v) is 14.3. The predicted molar refractivity (Wildman–Crippen MR) is 91.9 cm³/mol. The Morgan fingerprint density at radius 3 is 2.64 bits per heavy atom. The maximum Gasteiger partial charge on any atom is 0.240 e. The summed E-state index contributed by atoms with van der Waals surface area (Å²) in [4.78, 5) is 11.6. The van der Waals surface area contributed by atoms with Crippen LogP contribution in [0.15, 0.2) is 17.2 Å². The molecule has 4 nitrogen and oxygen atoms in total. The minimum atomic E-state index is -0.139. The number of nitrogens with one attached hydrogen (secondary N) is 1. The van der Waals surface area contributed by atoms with Crippen molar-refractivity contribution in [2.45, 2.75) is 51.9 Å². The molecule has 1 aromatic carbocycles. The summed E-state index contributed by atoms with van der Waals surface area (Å²) >= 11 is 11.6. The summed E-state index contributed by atoms with van der Waals surface area (Å²) in [6.45, 7) is 2.18. The van der Waals surface area contributed by atoms with Gasteiger partial charge in [-0.2, -0.15) is 5.10 Å². The molecular weight excluding hydrogens is 323 g/mol. The van der Waals surface area contributed by atoms with Crippen LogP contribution in [0.4, 0.5) is 0 Å². The summed E-state index contributed by atoms with van der Waals surface area (Å²) in [7, 11) is 0.